The summed E-state index contributed by atoms with van der Waals surface area (Å²) in [6, 6.07) is 25.1. The molecule has 3 aromatic carbocycles. The summed E-state index contributed by atoms with van der Waals surface area (Å²) >= 11 is 3.41. The van der Waals surface area contributed by atoms with Crippen molar-refractivity contribution in [3.8, 4) is 11.4 Å². The number of rotatable bonds is 6. The summed E-state index contributed by atoms with van der Waals surface area (Å²) < 4.78 is 1.01. The Kier molecular flexibility index (Phi) is 6.38. The molecule has 31 heavy (non-hydrogen) atoms. The molecule has 0 aliphatic rings. The van der Waals surface area contributed by atoms with Gasteiger partial charge in [0.05, 0.1) is 0 Å². The van der Waals surface area contributed by atoms with Gasteiger partial charge in [-0.25, -0.2) is 9.97 Å². The molecule has 0 unspecified atom stereocenters. The lowest BCUT2D eigenvalue weighted by Crippen LogP contribution is -2.22. The summed E-state index contributed by atoms with van der Waals surface area (Å²) in [4.78, 5) is 21.4. The molecule has 5 nitrogen and oxygen atoms in total. The Morgan fingerprint density at radius 3 is 2.32 bits per heavy atom. The van der Waals surface area contributed by atoms with E-state index in [0.717, 1.165) is 21.3 Å². The van der Waals surface area contributed by atoms with Crippen LogP contribution >= 0.6 is 15.9 Å². The first-order valence-electron chi connectivity index (χ1n) is 9.87. The van der Waals surface area contributed by atoms with Crippen molar-refractivity contribution < 1.29 is 4.79 Å². The lowest BCUT2D eigenvalue weighted by molar-refractivity contribution is 0.0951. The second-order valence-corrected chi connectivity index (χ2v) is 8.06. The molecule has 0 saturated heterocycles. The maximum Gasteiger partial charge on any atom is 0.251 e. The molecule has 4 rings (SSSR count). The number of nitrogens with zero attached hydrogens (tertiary/aromatic N) is 2. The molecular weight excluding hydrogens is 452 g/mol. The first-order valence-corrected chi connectivity index (χ1v) is 10.7. The summed E-state index contributed by atoms with van der Waals surface area (Å²) in [7, 11) is 0. The van der Waals surface area contributed by atoms with E-state index in [2.05, 4.69) is 36.5 Å². The minimum atomic E-state index is -0.113. The first-order chi connectivity index (χ1) is 15.1. The van der Waals surface area contributed by atoms with Crippen LogP contribution < -0.4 is 10.6 Å². The van der Waals surface area contributed by atoms with E-state index in [1.807, 2.05) is 73.7 Å². The smallest absolute Gasteiger partial charge is 0.251 e. The van der Waals surface area contributed by atoms with Gasteiger partial charge in [-0.3, -0.25) is 4.79 Å². The van der Waals surface area contributed by atoms with E-state index in [0.29, 0.717) is 23.8 Å². The van der Waals surface area contributed by atoms with Crippen LogP contribution in [0.1, 0.15) is 21.5 Å². The van der Waals surface area contributed by atoms with Crippen molar-refractivity contribution in [2.24, 2.45) is 0 Å². The highest BCUT2D eigenvalue weighted by atomic mass is 79.9. The Morgan fingerprint density at radius 1 is 0.903 bits per heavy atom. The SMILES string of the molecule is Cc1ccc(-c2nccc(Nc3ccc(C(=O)NCc4ccc(Br)cc4)cc3)n2)cc1. The normalized spacial score (nSPS) is 10.5. The third-order valence-corrected chi connectivity index (χ3v) is 5.28. The Morgan fingerprint density at radius 2 is 1.61 bits per heavy atom. The van der Waals surface area contributed by atoms with Crippen LogP contribution in [-0.4, -0.2) is 15.9 Å². The van der Waals surface area contributed by atoms with Crippen molar-refractivity contribution in [1.82, 2.24) is 15.3 Å². The van der Waals surface area contributed by atoms with Crippen molar-refractivity contribution >= 4 is 33.3 Å². The van der Waals surface area contributed by atoms with Gasteiger partial charge in [-0.2, -0.15) is 0 Å². The highest BCUT2D eigenvalue weighted by molar-refractivity contribution is 9.10. The van der Waals surface area contributed by atoms with Crippen molar-refractivity contribution in [3.63, 3.8) is 0 Å². The van der Waals surface area contributed by atoms with E-state index in [1.165, 1.54) is 5.56 Å². The van der Waals surface area contributed by atoms with Crippen LogP contribution in [0.2, 0.25) is 0 Å². The molecule has 1 aromatic heterocycles. The molecule has 0 bridgehead atoms. The Balaban J connectivity index is 1.39. The van der Waals surface area contributed by atoms with Crippen LogP contribution in [0.15, 0.2) is 89.5 Å². The molecule has 2 N–H and O–H groups in total. The maximum absolute atomic E-state index is 12.4. The average molecular weight is 473 g/mol. The minimum absolute atomic E-state index is 0.113. The fourth-order valence-corrected chi connectivity index (χ4v) is 3.27. The molecule has 0 aliphatic heterocycles. The quantitative estimate of drug-likeness (QED) is 0.367. The fraction of sp³-hybridized carbons (Fsp3) is 0.0800. The molecule has 4 aromatic rings. The molecule has 0 atom stereocenters. The monoisotopic (exact) mass is 472 g/mol. The van der Waals surface area contributed by atoms with E-state index in [1.54, 1.807) is 18.3 Å². The number of carbonyl (C=O) groups excluding carboxylic acids is 1. The number of aromatic nitrogens is 2. The number of benzene rings is 3. The van der Waals surface area contributed by atoms with Crippen LogP contribution in [0.4, 0.5) is 11.5 Å². The predicted octanol–water partition coefficient (Wildman–Crippen LogP) is 5.89. The van der Waals surface area contributed by atoms with E-state index in [9.17, 15) is 4.79 Å². The van der Waals surface area contributed by atoms with Gasteiger partial charge in [0.25, 0.3) is 5.91 Å². The Labute approximate surface area is 189 Å². The molecule has 154 valence electrons. The number of carbonyl (C=O) groups is 1. The van der Waals surface area contributed by atoms with Gasteiger partial charge >= 0.3 is 0 Å². The molecule has 1 heterocycles. The van der Waals surface area contributed by atoms with E-state index < -0.39 is 0 Å². The average Bonchev–Trinajstić information content (AvgIpc) is 2.80. The van der Waals surface area contributed by atoms with Gasteiger partial charge in [0.2, 0.25) is 0 Å². The van der Waals surface area contributed by atoms with E-state index >= 15 is 0 Å². The zero-order valence-electron chi connectivity index (χ0n) is 17.0. The van der Waals surface area contributed by atoms with Crippen molar-refractivity contribution in [3.05, 3.63) is 106 Å². The number of nitrogens with one attached hydrogen (secondary N) is 2. The zero-order valence-corrected chi connectivity index (χ0v) is 18.6. The summed E-state index contributed by atoms with van der Waals surface area (Å²) in [6.45, 7) is 2.53. The standard InChI is InChI=1S/C25H21BrN4O/c1-17-2-6-19(7-3-17)24-27-15-14-23(30-24)29-22-12-8-20(9-13-22)25(31)28-16-18-4-10-21(26)11-5-18/h2-15H,16H2,1H3,(H,28,31)(H,27,29,30). The minimum Gasteiger partial charge on any atom is -0.348 e. The second-order valence-electron chi connectivity index (χ2n) is 7.14. The highest BCUT2D eigenvalue weighted by Crippen LogP contribution is 2.20. The Hall–Kier alpha value is -3.51. The molecule has 0 saturated carbocycles. The number of halogens is 1. The summed E-state index contributed by atoms with van der Waals surface area (Å²) in [5, 5.41) is 6.21. The van der Waals surface area contributed by atoms with Crippen molar-refractivity contribution in [2.45, 2.75) is 13.5 Å². The topological polar surface area (TPSA) is 66.9 Å². The lowest BCUT2D eigenvalue weighted by atomic mass is 10.1. The molecule has 0 fully saturated rings. The molecule has 0 spiro atoms. The molecule has 0 radical (unpaired) electrons. The maximum atomic E-state index is 12.4. The first kappa shape index (κ1) is 20.8. The van der Waals surface area contributed by atoms with E-state index in [4.69, 9.17) is 0 Å². The van der Waals surface area contributed by atoms with Crippen LogP contribution in [0.25, 0.3) is 11.4 Å². The fourth-order valence-electron chi connectivity index (χ4n) is 3.01. The largest absolute Gasteiger partial charge is 0.348 e. The van der Waals surface area contributed by atoms with Gasteiger partial charge in [-0.1, -0.05) is 57.9 Å². The van der Waals surface area contributed by atoms with Gasteiger partial charge in [0.15, 0.2) is 5.82 Å². The number of hydrogen-bond acceptors (Lipinski definition) is 4. The molecule has 0 aliphatic carbocycles. The number of amides is 1. The zero-order chi connectivity index (χ0) is 21.6. The van der Waals surface area contributed by atoms with Gasteiger partial charge in [-0.15, -0.1) is 0 Å². The Bertz CT molecular complexity index is 1170. The van der Waals surface area contributed by atoms with Crippen LogP contribution in [0.3, 0.4) is 0 Å². The lowest BCUT2D eigenvalue weighted by Gasteiger charge is -2.09. The summed E-state index contributed by atoms with van der Waals surface area (Å²) in [5.41, 5.74) is 4.65. The number of anilines is 2. The van der Waals surface area contributed by atoms with Gasteiger partial charge in [-0.05, 0) is 55.0 Å². The predicted molar refractivity (Wildman–Crippen MR) is 127 cm³/mol. The van der Waals surface area contributed by atoms with Crippen molar-refractivity contribution in [2.75, 3.05) is 5.32 Å². The van der Waals surface area contributed by atoms with Crippen LogP contribution in [0.5, 0.6) is 0 Å². The van der Waals surface area contributed by atoms with Crippen LogP contribution in [-0.2, 0) is 6.54 Å². The molecular formula is C25H21BrN4O. The number of aryl methyl sites for hydroxylation is 1. The second kappa shape index (κ2) is 9.53. The van der Waals surface area contributed by atoms with Gasteiger partial charge in [0.1, 0.15) is 5.82 Å². The van der Waals surface area contributed by atoms with Gasteiger partial charge in [0, 0.05) is 34.0 Å². The molecule has 6 heteroatoms. The summed E-state index contributed by atoms with van der Waals surface area (Å²) in [5.74, 6) is 1.24. The highest BCUT2D eigenvalue weighted by Gasteiger charge is 2.07. The van der Waals surface area contributed by atoms with Crippen LogP contribution in [0, 0.1) is 6.92 Å². The molecule has 1 amide bonds. The third kappa shape index (κ3) is 5.55. The van der Waals surface area contributed by atoms with Crippen molar-refractivity contribution in [1.29, 1.82) is 0 Å². The van der Waals surface area contributed by atoms with E-state index in [-0.39, 0.29) is 5.91 Å². The van der Waals surface area contributed by atoms with Gasteiger partial charge < -0.3 is 10.6 Å². The number of hydrogen-bond donors (Lipinski definition) is 2. The third-order valence-electron chi connectivity index (χ3n) is 4.75. The summed E-state index contributed by atoms with van der Waals surface area (Å²) in [6.07, 6.45) is 1.73.